The van der Waals surface area contributed by atoms with Gasteiger partial charge in [-0.2, -0.15) is 4.98 Å². The van der Waals surface area contributed by atoms with E-state index in [0.29, 0.717) is 31.3 Å². The zero-order valence-electron chi connectivity index (χ0n) is 16.4. The SMILES string of the molecule is C[C@@H]1CN(C(=O)Cc2noc(-c3ccccc3)n2)CCN1C(=O)C(C)(C)CCl. The van der Waals surface area contributed by atoms with Crippen LogP contribution in [0, 0.1) is 5.41 Å². The van der Waals surface area contributed by atoms with Crippen LogP contribution in [0.15, 0.2) is 34.9 Å². The summed E-state index contributed by atoms with van der Waals surface area (Å²) < 4.78 is 5.26. The van der Waals surface area contributed by atoms with E-state index in [1.807, 2.05) is 56.0 Å². The van der Waals surface area contributed by atoms with Crippen molar-refractivity contribution in [2.75, 3.05) is 25.5 Å². The quantitative estimate of drug-likeness (QED) is 0.715. The summed E-state index contributed by atoms with van der Waals surface area (Å²) in [6.07, 6.45) is 0.0736. The molecule has 1 aromatic carbocycles. The zero-order valence-corrected chi connectivity index (χ0v) is 17.1. The monoisotopic (exact) mass is 404 g/mol. The average molecular weight is 405 g/mol. The highest BCUT2D eigenvalue weighted by Gasteiger charge is 2.37. The van der Waals surface area contributed by atoms with E-state index in [9.17, 15) is 9.59 Å². The Balaban J connectivity index is 1.60. The number of alkyl halides is 1. The molecule has 0 N–H and O–H groups in total. The Labute approximate surface area is 169 Å². The highest BCUT2D eigenvalue weighted by Crippen LogP contribution is 2.24. The maximum absolute atomic E-state index is 12.7. The fourth-order valence-electron chi connectivity index (χ4n) is 3.20. The molecule has 0 radical (unpaired) electrons. The van der Waals surface area contributed by atoms with E-state index in [0.717, 1.165) is 5.56 Å². The maximum Gasteiger partial charge on any atom is 0.257 e. The van der Waals surface area contributed by atoms with Crippen LogP contribution in [0.4, 0.5) is 0 Å². The van der Waals surface area contributed by atoms with Gasteiger partial charge >= 0.3 is 0 Å². The van der Waals surface area contributed by atoms with Gasteiger partial charge in [-0.1, -0.05) is 23.4 Å². The van der Waals surface area contributed by atoms with Crippen LogP contribution < -0.4 is 0 Å². The number of carbonyl (C=O) groups is 2. The molecule has 3 rings (SSSR count). The zero-order chi connectivity index (χ0) is 20.3. The molecular weight excluding hydrogens is 380 g/mol. The molecule has 1 saturated heterocycles. The third kappa shape index (κ3) is 4.35. The predicted octanol–water partition coefficient (Wildman–Crippen LogP) is 2.60. The van der Waals surface area contributed by atoms with Gasteiger partial charge in [0, 0.05) is 37.1 Å². The Morgan fingerprint density at radius 1 is 1.25 bits per heavy atom. The minimum Gasteiger partial charge on any atom is -0.338 e. The lowest BCUT2D eigenvalue weighted by molar-refractivity contribution is -0.147. The Morgan fingerprint density at radius 3 is 2.61 bits per heavy atom. The fraction of sp³-hybridized carbons (Fsp3) is 0.500. The molecule has 0 spiro atoms. The number of hydrogen-bond acceptors (Lipinski definition) is 5. The molecule has 0 bridgehead atoms. The van der Waals surface area contributed by atoms with Crippen LogP contribution in [0.1, 0.15) is 26.6 Å². The molecule has 0 saturated carbocycles. The van der Waals surface area contributed by atoms with Crippen LogP contribution >= 0.6 is 11.6 Å². The summed E-state index contributed by atoms with van der Waals surface area (Å²) in [6, 6.07) is 9.36. The average Bonchev–Trinajstić information content (AvgIpc) is 3.16. The Morgan fingerprint density at radius 2 is 1.96 bits per heavy atom. The van der Waals surface area contributed by atoms with Gasteiger partial charge in [0.05, 0.1) is 11.8 Å². The second-order valence-corrected chi connectivity index (χ2v) is 8.03. The molecule has 1 aliphatic heterocycles. The van der Waals surface area contributed by atoms with Crippen molar-refractivity contribution in [2.24, 2.45) is 5.41 Å². The Kier molecular flexibility index (Phi) is 6.03. The smallest absolute Gasteiger partial charge is 0.257 e. The van der Waals surface area contributed by atoms with Crippen molar-refractivity contribution in [1.82, 2.24) is 19.9 Å². The van der Waals surface area contributed by atoms with Crippen LogP contribution in [-0.2, 0) is 16.0 Å². The summed E-state index contributed by atoms with van der Waals surface area (Å²) in [7, 11) is 0. The summed E-state index contributed by atoms with van der Waals surface area (Å²) in [6.45, 7) is 7.08. The molecular formula is C20H25ClN4O3. The van der Waals surface area contributed by atoms with Gasteiger partial charge in [-0.15, -0.1) is 11.6 Å². The topological polar surface area (TPSA) is 79.5 Å². The highest BCUT2D eigenvalue weighted by molar-refractivity contribution is 6.19. The van der Waals surface area contributed by atoms with Crippen molar-refractivity contribution >= 4 is 23.4 Å². The second-order valence-electron chi connectivity index (χ2n) is 7.76. The first kappa shape index (κ1) is 20.3. The molecule has 0 unspecified atom stereocenters. The van der Waals surface area contributed by atoms with Gasteiger partial charge in [-0.25, -0.2) is 0 Å². The predicted molar refractivity (Wildman–Crippen MR) is 106 cm³/mol. The van der Waals surface area contributed by atoms with Crippen molar-refractivity contribution in [3.63, 3.8) is 0 Å². The van der Waals surface area contributed by atoms with E-state index in [4.69, 9.17) is 16.1 Å². The highest BCUT2D eigenvalue weighted by atomic mass is 35.5. The van der Waals surface area contributed by atoms with Gasteiger partial charge < -0.3 is 14.3 Å². The van der Waals surface area contributed by atoms with Crippen molar-refractivity contribution < 1.29 is 14.1 Å². The van der Waals surface area contributed by atoms with Crippen LogP contribution in [0.25, 0.3) is 11.5 Å². The van der Waals surface area contributed by atoms with E-state index >= 15 is 0 Å². The fourth-order valence-corrected chi connectivity index (χ4v) is 3.32. The van der Waals surface area contributed by atoms with Gasteiger partial charge in [-0.05, 0) is 32.9 Å². The number of piperazine rings is 1. The summed E-state index contributed by atoms with van der Waals surface area (Å²) in [5.74, 6) is 0.969. The van der Waals surface area contributed by atoms with Gasteiger partial charge in [-0.3, -0.25) is 9.59 Å². The number of carbonyl (C=O) groups excluding carboxylic acids is 2. The number of halogens is 1. The number of aromatic nitrogens is 2. The molecule has 28 heavy (non-hydrogen) atoms. The summed E-state index contributed by atoms with van der Waals surface area (Å²) >= 11 is 5.94. The van der Waals surface area contributed by atoms with Gasteiger partial charge in [0.1, 0.15) is 0 Å². The van der Waals surface area contributed by atoms with Crippen LogP contribution in [0.5, 0.6) is 0 Å². The molecule has 2 aromatic rings. The minimum atomic E-state index is -0.611. The number of amides is 2. The van der Waals surface area contributed by atoms with E-state index in [1.54, 1.807) is 4.90 Å². The first-order valence-corrected chi connectivity index (χ1v) is 9.88. The maximum atomic E-state index is 12.7. The number of nitrogens with zero attached hydrogens (tertiary/aromatic N) is 4. The van der Waals surface area contributed by atoms with Crippen molar-refractivity contribution in [1.29, 1.82) is 0 Å². The largest absolute Gasteiger partial charge is 0.338 e. The number of hydrogen-bond donors (Lipinski definition) is 0. The summed E-state index contributed by atoms with van der Waals surface area (Å²) in [5.41, 5.74) is 0.205. The molecule has 2 heterocycles. The lowest BCUT2D eigenvalue weighted by Gasteiger charge is -2.42. The normalized spacial score (nSPS) is 17.6. The molecule has 8 heteroatoms. The standard InChI is InChI=1S/C20H25ClN4O3/c1-14-12-24(9-10-25(14)19(27)20(2,3)13-21)17(26)11-16-22-18(28-23-16)15-7-5-4-6-8-15/h4-8,14H,9-13H2,1-3H3/t14-/m1/s1. The minimum absolute atomic E-state index is 0.0211. The van der Waals surface area contributed by atoms with Crippen LogP contribution in [0.2, 0.25) is 0 Å². The molecule has 2 amide bonds. The third-order valence-corrected chi connectivity index (χ3v) is 5.62. The van der Waals surface area contributed by atoms with Gasteiger partial charge in [0.2, 0.25) is 11.8 Å². The van der Waals surface area contributed by atoms with E-state index in [2.05, 4.69) is 10.1 Å². The molecule has 1 fully saturated rings. The molecule has 1 aliphatic rings. The van der Waals surface area contributed by atoms with E-state index in [1.165, 1.54) is 0 Å². The van der Waals surface area contributed by atoms with E-state index in [-0.39, 0.29) is 30.2 Å². The summed E-state index contributed by atoms with van der Waals surface area (Å²) in [4.78, 5) is 33.2. The first-order chi connectivity index (χ1) is 13.3. The molecule has 1 aromatic heterocycles. The van der Waals surface area contributed by atoms with Gasteiger partial charge in [0.25, 0.3) is 5.89 Å². The molecule has 1 atom stereocenters. The number of benzene rings is 1. The Hall–Kier alpha value is -2.41. The molecule has 150 valence electrons. The Bertz CT molecular complexity index is 837. The van der Waals surface area contributed by atoms with Crippen molar-refractivity contribution in [2.45, 2.75) is 33.2 Å². The van der Waals surface area contributed by atoms with Crippen molar-refractivity contribution in [3.05, 3.63) is 36.2 Å². The molecule has 0 aliphatic carbocycles. The van der Waals surface area contributed by atoms with Gasteiger partial charge in [0.15, 0.2) is 5.82 Å². The van der Waals surface area contributed by atoms with E-state index < -0.39 is 5.41 Å². The summed E-state index contributed by atoms with van der Waals surface area (Å²) in [5, 5.41) is 3.92. The number of rotatable bonds is 5. The van der Waals surface area contributed by atoms with Crippen molar-refractivity contribution in [3.8, 4) is 11.5 Å². The third-order valence-electron chi connectivity index (χ3n) is 4.95. The molecule has 7 nitrogen and oxygen atoms in total. The lowest BCUT2D eigenvalue weighted by atomic mass is 9.93. The van der Waals surface area contributed by atoms with Crippen LogP contribution in [-0.4, -0.2) is 63.3 Å². The lowest BCUT2D eigenvalue weighted by Crippen LogP contribution is -2.58. The second kappa shape index (κ2) is 8.31. The first-order valence-electron chi connectivity index (χ1n) is 9.34. The van der Waals surface area contributed by atoms with Crippen LogP contribution in [0.3, 0.4) is 0 Å².